The first-order valence-electron chi connectivity index (χ1n) is 7.62. The normalized spacial score (nSPS) is 32.1. The van der Waals surface area contributed by atoms with Crippen LogP contribution in [-0.4, -0.2) is 25.8 Å². The predicted octanol–water partition coefficient (Wildman–Crippen LogP) is 3.50. The first kappa shape index (κ1) is 13.4. The quantitative estimate of drug-likeness (QED) is 0.741. The Morgan fingerprint density at radius 2 is 1.88 bits per heavy atom. The maximum absolute atomic E-state index is 6.16. The maximum Gasteiger partial charge on any atom is 0.0661 e. The van der Waals surface area contributed by atoms with Crippen LogP contribution in [0.4, 0.5) is 0 Å². The van der Waals surface area contributed by atoms with Crippen molar-refractivity contribution in [3.8, 4) is 0 Å². The summed E-state index contributed by atoms with van der Waals surface area (Å²) in [5, 5.41) is 3.53. The molecule has 0 aromatic carbocycles. The third-order valence-electron chi connectivity index (χ3n) is 4.98. The first-order chi connectivity index (χ1) is 8.33. The topological polar surface area (TPSA) is 21.3 Å². The Kier molecular flexibility index (Phi) is 4.87. The van der Waals surface area contributed by atoms with Gasteiger partial charge in [-0.1, -0.05) is 39.0 Å². The van der Waals surface area contributed by atoms with E-state index < -0.39 is 0 Å². The fraction of sp³-hybridized carbons (Fsp3) is 1.00. The first-order valence-corrected chi connectivity index (χ1v) is 7.62. The largest absolute Gasteiger partial charge is 0.378 e. The van der Waals surface area contributed by atoms with Crippen LogP contribution in [0.15, 0.2) is 0 Å². The lowest BCUT2D eigenvalue weighted by molar-refractivity contribution is -0.142. The van der Waals surface area contributed by atoms with Gasteiger partial charge in [0.15, 0.2) is 0 Å². The molecule has 0 aliphatic heterocycles. The van der Waals surface area contributed by atoms with Crippen LogP contribution in [0.2, 0.25) is 0 Å². The summed E-state index contributed by atoms with van der Waals surface area (Å²) in [6, 6.07) is 0.715. The second-order valence-electron chi connectivity index (χ2n) is 5.94. The number of hydrogen-bond acceptors (Lipinski definition) is 2. The SMILES string of the molecule is CCCCOC1CC(NC)C12CCCCCC2. The molecule has 2 atom stereocenters. The number of rotatable bonds is 5. The molecule has 17 heavy (non-hydrogen) atoms. The smallest absolute Gasteiger partial charge is 0.0661 e. The van der Waals surface area contributed by atoms with Gasteiger partial charge in [-0.15, -0.1) is 0 Å². The molecule has 2 aliphatic rings. The molecule has 0 bridgehead atoms. The molecule has 0 amide bonds. The molecule has 2 rings (SSSR count). The van der Waals surface area contributed by atoms with E-state index in [1.807, 2.05) is 0 Å². The van der Waals surface area contributed by atoms with Crippen molar-refractivity contribution in [1.29, 1.82) is 0 Å². The molecular formula is C15H29NO. The average molecular weight is 239 g/mol. The summed E-state index contributed by atoms with van der Waals surface area (Å²) in [6.45, 7) is 3.21. The Balaban J connectivity index is 1.92. The molecule has 1 spiro atoms. The predicted molar refractivity (Wildman–Crippen MR) is 72.2 cm³/mol. The summed E-state index contributed by atoms with van der Waals surface area (Å²) in [5.74, 6) is 0. The van der Waals surface area contributed by atoms with Crippen LogP contribution in [0.5, 0.6) is 0 Å². The van der Waals surface area contributed by atoms with Gasteiger partial charge in [-0.2, -0.15) is 0 Å². The Bertz CT molecular complexity index is 221. The van der Waals surface area contributed by atoms with E-state index in [9.17, 15) is 0 Å². The molecule has 2 unspecified atom stereocenters. The van der Waals surface area contributed by atoms with Gasteiger partial charge in [0.05, 0.1) is 6.10 Å². The van der Waals surface area contributed by atoms with Crippen LogP contribution in [0.3, 0.4) is 0 Å². The van der Waals surface area contributed by atoms with E-state index in [2.05, 4.69) is 19.3 Å². The van der Waals surface area contributed by atoms with E-state index in [0.29, 0.717) is 17.6 Å². The summed E-state index contributed by atoms with van der Waals surface area (Å²) >= 11 is 0. The highest BCUT2D eigenvalue weighted by Crippen LogP contribution is 2.52. The Labute approximate surface area is 107 Å². The van der Waals surface area contributed by atoms with E-state index >= 15 is 0 Å². The number of ether oxygens (including phenoxy) is 1. The second kappa shape index (κ2) is 6.19. The highest BCUT2D eigenvalue weighted by Gasteiger charge is 2.54. The molecule has 2 nitrogen and oxygen atoms in total. The van der Waals surface area contributed by atoms with Crippen molar-refractivity contribution in [2.24, 2.45) is 5.41 Å². The highest BCUT2D eigenvalue weighted by atomic mass is 16.5. The van der Waals surface area contributed by atoms with Gasteiger partial charge in [0.1, 0.15) is 0 Å². The van der Waals surface area contributed by atoms with Gasteiger partial charge in [0, 0.05) is 18.1 Å². The lowest BCUT2D eigenvalue weighted by Crippen LogP contribution is -2.63. The molecule has 0 saturated heterocycles. The van der Waals surface area contributed by atoms with Gasteiger partial charge >= 0.3 is 0 Å². The summed E-state index contributed by atoms with van der Waals surface area (Å²) in [6.07, 6.45) is 12.7. The van der Waals surface area contributed by atoms with Gasteiger partial charge in [-0.05, 0) is 32.7 Å². The lowest BCUT2D eigenvalue weighted by atomic mass is 9.58. The van der Waals surface area contributed by atoms with Crippen molar-refractivity contribution in [1.82, 2.24) is 5.32 Å². The van der Waals surface area contributed by atoms with Crippen molar-refractivity contribution in [2.75, 3.05) is 13.7 Å². The summed E-state index contributed by atoms with van der Waals surface area (Å²) in [7, 11) is 2.12. The van der Waals surface area contributed by atoms with E-state index in [1.54, 1.807) is 0 Å². The van der Waals surface area contributed by atoms with Crippen LogP contribution >= 0.6 is 0 Å². The fourth-order valence-electron chi connectivity index (χ4n) is 3.81. The van der Waals surface area contributed by atoms with Crippen molar-refractivity contribution in [3.63, 3.8) is 0 Å². The zero-order chi connectivity index (χ0) is 12.1. The average Bonchev–Trinajstić information content (AvgIpc) is 2.60. The van der Waals surface area contributed by atoms with Gasteiger partial charge in [0.25, 0.3) is 0 Å². The fourth-order valence-corrected chi connectivity index (χ4v) is 3.81. The van der Waals surface area contributed by atoms with Crippen molar-refractivity contribution in [3.05, 3.63) is 0 Å². The number of hydrogen-bond donors (Lipinski definition) is 1. The third kappa shape index (κ3) is 2.68. The van der Waals surface area contributed by atoms with E-state index in [0.717, 1.165) is 6.61 Å². The third-order valence-corrected chi connectivity index (χ3v) is 4.98. The van der Waals surface area contributed by atoms with Crippen molar-refractivity contribution >= 4 is 0 Å². The highest BCUT2D eigenvalue weighted by molar-refractivity contribution is 5.07. The second-order valence-corrected chi connectivity index (χ2v) is 5.94. The molecular weight excluding hydrogens is 210 g/mol. The summed E-state index contributed by atoms with van der Waals surface area (Å²) in [4.78, 5) is 0. The summed E-state index contributed by atoms with van der Waals surface area (Å²) < 4.78 is 6.16. The lowest BCUT2D eigenvalue weighted by Gasteiger charge is -2.56. The zero-order valence-electron chi connectivity index (χ0n) is 11.6. The van der Waals surface area contributed by atoms with E-state index in [4.69, 9.17) is 4.74 Å². The summed E-state index contributed by atoms with van der Waals surface area (Å²) in [5.41, 5.74) is 0.485. The van der Waals surface area contributed by atoms with Gasteiger partial charge in [0.2, 0.25) is 0 Å². The molecule has 1 N–H and O–H groups in total. The molecule has 0 aromatic rings. The Morgan fingerprint density at radius 3 is 2.47 bits per heavy atom. The van der Waals surface area contributed by atoms with Crippen LogP contribution in [-0.2, 0) is 4.74 Å². The van der Waals surface area contributed by atoms with E-state index in [-0.39, 0.29) is 0 Å². The molecule has 2 saturated carbocycles. The van der Waals surface area contributed by atoms with Gasteiger partial charge in [-0.3, -0.25) is 0 Å². The minimum absolute atomic E-state index is 0.485. The Morgan fingerprint density at radius 1 is 1.18 bits per heavy atom. The van der Waals surface area contributed by atoms with Crippen molar-refractivity contribution < 1.29 is 4.74 Å². The van der Waals surface area contributed by atoms with E-state index in [1.165, 1.54) is 57.8 Å². The minimum Gasteiger partial charge on any atom is -0.378 e. The van der Waals surface area contributed by atoms with Gasteiger partial charge < -0.3 is 10.1 Å². The van der Waals surface area contributed by atoms with Crippen LogP contribution in [0, 0.1) is 5.41 Å². The maximum atomic E-state index is 6.16. The molecule has 2 fully saturated rings. The Hall–Kier alpha value is -0.0800. The molecule has 0 aromatic heterocycles. The van der Waals surface area contributed by atoms with Crippen LogP contribution in [0.1, 0.15) is 64.7 Å². The molecule has 2 heteroatoms. The molecule has 2 aliphatic carbocycles. The molecule has 100 valence electrons. The van der Waals surface area contributed by atoms with Crippen LogP contribution < -0.4 is 5.32 Å². The van der Waals surface area contributed by atoms with Crippen molar-refractivity contribution in [2.45, 2.75) is 76.9 Å². The van der Waals surface area contributed by atoms with Crippen LogP contribution in [0.25, 0.3) is 0 Å². The minimum atomic E-state index is 0.485. The van der Waals surface area contributed by atoms with Gasteiger partial charge in [-0.25, -0.2) is 0 Å². The standard InChI is InChI=1S/C15H29NO/c1-3-4-11-17-14-12-13(16-2)15(14)9-7-5-6-8-10-15/h13-14,16H,3-12H2,1-2H3. The molecule has 0 radical (unpaired) electrons. The monoisotopic (exact) mass is 239 g/mol. The molecule has 0 heterocycles. The number of unbranched alkanes of at least 4 members (excludes halogenated alkanes) is 1. The number of nitrogens with one attached hydrogen (secondary N) is 1. The zero-order valence-corrected chi connectivity index (χ0v) is 11.6.